The van der Waals surface area contributed by atoms with E-state index in [0.717, 1.165) is 5.56 Å². The van der Waals surface area contributed by atoms with Crippen LogP contribution < -0.4 is 0 Å². The predicted molar refractivity (Wildman–Crippen MR) is 49.9 cm³/mol. The molecule has 2 nitrogen and oxygen atoms in total. The first-order valence-electron chi connectivity index (χ1n) is 3.60. The molecule has 0 heterocycles. The second kappa shape index (κ2) is 4.16. The summed E-state index contributed by atoms with van der Waals surface area (Å²) in [5.74, 6) is -0.321. The van der Waals surface area contributed by atoms with E-state index < -0.39 is 5.44 Å². The van der Waals surface area contributed by atoms with E-state index in [4.69, 9.17) is 4.74 Å². The number of rotatable bonds is 2. The van der Waals surface area contributed by atoms with Crippen molar-refractivity contribution in [3.63, 3.8) is 0 Å². The summed E-state index contributed by atoms with van der Waals surface area (Å²) in [6, 6.07) is 9.38. The van der Waals surface area contributed by atoms with Crippen LogP contribution in [0.4, 0.5) is 0 Å². The van der Waals surface area contributed by atoms with Crippen LogP contribution in [-0.4, -0.2) is 5.97 Å². The normalized spacial score (nSPS) is 12.2. The van der Waals surface area contributed by atoms with Crippen LogP contribution in [0.3, 0.4) is 0 Å². The van der Waals surface area contributed by atoms with Crippen molar-refractivity contribution in [1.29, 1.82) is 0 Å². The van der Waals surface area contributed by atoms with Crippen LogP contribution in [0.1, 0.15) is 17.9 Å². The maximum atomic E-state index is 10.6. The van der Waals surface area contributed by atoms with E-state index in [9.17, 15) is 4.79 Å². The van der Waals surface area contributed by atoms with E-state index in [0.29, 0.717) is 0 Å². The third-order valence-electron chi connectivity index (χ3n) is 1.36. The van der Waals surface area contributed by atoms with Crippen molar-refractivity contribution in [3.05, 3.63) is 35.9 Å². The molecular formula is C9H10O2S. The van der Waals surface area contributed by atoms with Gasteiger partial charge in [0.15, 0.2) is 5.44 Å². The van der Waals surface area contributed by atoms with Crippen molar-refractivity contribution in [1.82, 2.24) is 0 Å². The van der Waals surface area contributed by atoms with Gasteiger partial charge >= 0.3 is 5.97 Å². The van der Waals surface area contributed by atoms with E-state index in [1.54, 1.807) is 0 Å². The summed E-state index contributed by atoms with van der Waals surface area (Å²) in [5.41, 5.74) is 0.430. The number of ether oxygens (including phenoxy) is 1. The maximum absolute atomic E-state index is 10.6. The molecule has 12 heavy (non-hydrogen) atoms. The molecule has 1 aromatic rings. The van der Waals surface area contributed by atoms with Gasteiger partial charge in [-0.3, -0.25) is 4.79 Å². The molecule has 0 aliphatic rings. The van der Waals surface area contributed by atoms with Gasteiger partial charge < -0.3 is 4.74 Å². The highest BCUT2D eigenvalue weighted by Gasteiger charge is 2.07. The lowest BCUT2D eigenvalue weighted by Gasteiger charge is -2.10. The Balaban J connectivity index is 2.65. The van der Waals surface area contributed by atoms with Crippen molar-refractivity contribution in [3.8, 4) is 0 Å². The maximum Gasteiger partial charge on any atom is 0.304 e. The summed E-state index contributed by atoms with van der Waals surface area (Å²) >= 11 is 4.12. The van der Waals surface area contributed by atoms with Crippen LogP contribution in [0.2, 0.25) is 0 Å². The quantitative estimate of drug-likeness (QED) is 0.431. The average Bonchev–Trinajstić information content (AvgIpc) is 2.05. The number of thiol groups is 1. The van der Waals surface area contributed by atoms with Gasteiger partial charge in [0.1, 0.15) is 0 Å². The van der Waals surface area contributed by atoms with Gasteiger partial charge in [-0.25, -0.2) is 0 Å². The molecule has 0 fully saturated rings. The zero-order chi connectivity index (χ0) is 8.97. The third-order valence-corrected chi connectivity index (χ3v) is 1.77. The minimum atomic E-state index is -0.455. The predicted octanol–water partition coefficient (Wildman–Crippen LogP) is 2.18. The second-order valence-electron chi connectivity index (χ2n) is 2.37. The highest BCUT2D eigenvalue weighted by atomic mass is 32.1. The number of esters is 1. The van der Waals surface area contributed by atoms with E-state index in [-0.39, 0.29) is 5.97 Å². The number of carbonyl (C=O) groups excluding carboxylic acids is 1. The molecule has 0 radical (unpaired) electrons. The monoisotopic (exact) mass is 182 g/mol. The van der Waals surface area contributed by atoms with Gasteiger partial charge in [0.25, 0.3) is 0 Å². The number of carbonyl (C=O) groups is 1. The minimum Gasteiger partial charge on any atom is -0.447 e. The van der Waals surface area contributed by atoms with E-state index >= 15 is 0 Å². The minimum absolute atomic E-state index is 0.321. The van der Waals surface area contributed by atoms with Crippen LogP contribution in [0.15, 0.2) is 30.3 Å². The molecular weight excluding hydrogens is 172 g/mol. The SMILES string of the molecule is CC(=O)OC(S)c1ccccc1. The largest absolute Gasteiger partial charge is 0.447 e. The number of hydrogen-bond acceptors (Lipinski definition) is 3. The molecule has 1 atom stereocenters. The Morgan fingerprint density at radius 2 is 2.00 bits per heavy atom. The molecule has 0 bridgehead atoms. The summed E-state index contributed by atoms with van der Waals surface area (Å²) in [7, 11) is 0. The number of hydrogen-bond donors (Lipinski definition) is 1. The molecule has 0 saturated heterocycles. The first-order valence-corrected chi connectivity index (χ1v) is 4.12. The molecule has 0 N–H and O–H groups in total. The van der Waals surface area contributed by atoms with Gasteiger partial charge in [-0.2, -0.15) is 0 Å². The first-order chi connectivity index (χ1) is 5.70. The zero-order valence-corrected chi connectivity index (χ0v) is 7.62. The van der Waals surface area contributed by atoms with Crippen molar-refractivity contribution in [2.45, 2.75) is 12.4 Å². The lowest BCUT2D eigenvalue weighted by Crippen LogP contribution is -2.02. The second-order valence-corrected chi connectivity index (χ2v) is 2.84. The Kier molecular flexibility index (Phi) is 3.17. The van der Waals surface area contributed by atoms with Gasteiger partial charge in [-0.15, -0.1) is 12.6 Å². The third kappa shape index (κ3) is 2.58. The van der Waals surface area contributed by atoms with Gasteiger partial charge in [0.2, 0.25) is 0 Å². The summed E-state index contributed by atoms with van der Waals surface area (Å²) in [6.45, 7) is 1.37. The average molecular weight is 182 g/mol. The van der Waals surface area contributed by atoms with Crippen molar-refractivity contribution in [2.24, 2.45) is 0 Å². The lowest BCUT2D eigenvalue weighted by atomic mass is 10.2. The van der Waals surface area contributed by atoms with E-state index in [1.165, 1.54) is 6.92 Å². The fraction of sp³-hybridized carbons (Fsp3) is 0.222. The van der Waals surface area contributed by atoms with Crippen LogP contribution in [0, 0.1) is 0 Å². The molecule has 1 rings (SSSR count). The van der Waals surface area contributed by atoms with E-state index in [2.05, 4.69) is 12.6 Å². The van der Waals surface area contributed by atoms with Crippen molar-refractivity contribution < 1.29 is 9.53 Å². The number of benzene rings is 1. The standard InChI is InChI=1S/C9H10O2S/c1-7(10)11-9(12)8-5-3-2-4-6-8/h2-6,9,12H,1H3. The summed E-state index contributed by atoms with van der Waals surface area (Å²) in [6.07, 6.45) is 0. The Labute approximate surface area is 77.0 Å². The molecule has 3 heteroatoms. The van der Waals surface area contributed by atoms with Crippen LogP contribution >= 0.6 is 12.6 Å². The lowest BCUT2D eigenvalue weighted by molar-refractivity contribution is -0.142. The van der Waals surface area contributed by atoms with Gasteiger partial charge in [0, 0.05) is 12.5 Å². The Morgan fingerprint density at radius 3 is 2.50 bits per heavy atom. The Bertz CT molecular complexity index is 258. The molecule has 1 unspecified atom stereocenters. The molecule has 1 aromatic carbocycles. The van der Waals surface area contributed by atoms with Crippen molar-refractivity contribution >= 4 is 18.6 Å². The van der Waals surface area contributed by atoms with E-state index in [1.807, 2.05) is 30.3 Å². The molecule has 0 spiro atoms. The molecule has 0 aliphatic carbocycles. The fourth-order valence-corrected chi connectivity index (χ4v) is 1.16. The Hall–Kier alpha value is -0.960. The summed E-state index contributed by atoms with van der Waals surface area (Å²) < 4.78 is 4.86. The fourth-order valence-electron chi connectivity index (χ4n) is 0.843. The van der Waals surface area contributed by atoms with Crippen LogP contribution in [0.25, 0.3) is 0 Å². The summed E-state index contributed by atoms with van der Waals surface area (Å²) in [4.78, 5) is 10.6. The molecule has 0 amide bonds. The van der Waals surface area contributed by atoms with Gasteiger partial charge in [-0.05, 0) is 0 Å². The first kappa shape index (κ1) is 9.13. The zero-order valence-electron chi connectivity index (χ0n) is 6.73. The Morgan fingerprint density at radius 1 is 1.42 bits per heavy atom. The highest BCUT2D eigenvalue weighted by molar-refractivity contribution is 7.80. The highest BCUT2D eigenvalue weighted by Crippen LogP contribution is 2.20. The topological polar surface area (TPSA) is 26.3 Å². The molecule has 0 saturated carbocycles. The van der Waals surface area contributed by atoms with Crippen LogP contribution in [-0.2, 0) is 9.53 Å². The van der Waals surface area contributed by atoms with Crippen molar-refractivity contribution in [2.75, 3.05) is 0 Å². The molecule has 0 aromatic heterocycles. The molecule has 64 valence electrons. The van der Waals surface area contributed by atoms with Gasteiger partial charge in [0.05, 0.1) is 0 Å². The van der Waals surface area contributed by atoms with Gasteiger partial charge in [-0.1, -0.05) is 30.3 Å². The summed E-state index contributed by atoms with van der Waals surface area (Å²) in [5, 5.41) is 0. The smallest absolute Gasteiger partial charge is 0.304 e. The van der Waals surface area contributed by atoms with Crippen LogP contribution in [0.5, 0.6) is 0 Å². The molecule has 0 aliphatic heterocycles.